The van der Waals surface area contributed by atoms with E-state index in [-0.39, 0.29) is 5.91 Å². The molecule has 1 heterocycles. The minimum atomic E-state index is -1.08. The van der Waals surface area contributed by atoms with Crippen LogP contribution in [0.3, 0.4) is 0 Å². The molecule has 5 heteroatoms. The summed E-state index contributed by atoms with van der Waals surface area (Å²) in [5.74, 6) is -1.17. The van der Waals surface area contributed by atoms with Gasteiger partial charge in [-0.25, -0.2) is 0 Å². The Hall–Kier alpha value is -1.88. The molecule has 1 aliphatic rings. The zero-order valence-corrected chi connectivity index (χ0v) is 9.65. The molecule has 1 unspecified atom stereocenters. The first-order valence-corrected chi connectivity index (χ1v) is 5.28. The lowest BCUT2D eigenvalue weighted by Gasteiger charge is -2.16. The van der Waals surface area contributed by atoms with E-state index in [4.69, 9.17) is 10.8 Å². The maximum atomic E-state index is 11.7. The molecule has 0 aliphatic carbocycles. The summed E-state index contributed by atoms with van der Waals surface area (Å²) in [4.78, 5) is 22.5. The van der Waals surface area contributed by atoms with E-state index < -0.39 is 17.4 Å². The number of aliphatic carboxylic acids is 1. The summed E-state index contributed by atoms with van der Waals surface area (Å²) < 4.78 is 0. The molecule has 1 aliphatic heterocycles. The molecular formula is C12H14N2O3. The quantitative estimate of drug-likeness (QED) is 0.711. The van der Waals surface area contributed by atoms with E-state index in [1.807, 2.05) is 0 Å². The summed E-state index contributed by atoms with van der Waals surface area (Å²) in [6.45, 7) is 3.59. The fourth-order valence-electron chi connectivity index (χ4n) is 1.92. The number of carboxylic acid groups (broad SMARTS) is 1. The molecule has 0 bridgehead atoms. The molecule has 0 spiro atoms. The molecule has 0 fully saturated rings. The van der Waals surface area contributed by atoms with Crippen LogP contribution in [0.1, 0.15) is 31.0 Å². The molecule has 5 nitrogen and oxygen atoms in total. The zero-order chi connectivity index (χ0) is 12.8. The highest BCUT2D eigenvalue weighted by Gasteiger charge is 2.38. The van der Waals surface area contributed by atoms with Crippen molar-refractivity contribution in [1.29, 1.82) is 0 Å². The van der Waals surface area contributed by atoms with Gasteiger partial charge in [0.05, 0.1) is 5.41 Å². The van der Waals surface area contributed by atoms with Gasteiger partial charge in [0.15, 0.2) is 0 Å². The van der Waals surface area contributed by atoms with Crippen molar-refractivity contribution in [3.63, 3.8) is 0 Å². The number of carbonyl (C=O) groups excluding carboxylic acids is 1. The third-order valence-corrected chi connectivity index (χ3v) is 3.16. The number of nitrogens with two attached hydrogens (primary N) is 1. The van der Waals surface area contributed by atoms with Crippen LogP contribution in [0.15, 0.2) is 18.2 Å². The molecule has 0 saturated heterocycles. The number of carboxylic acids is 1. The first kappa shape index (κ1) is 11.6. The van der Waals surface area contributed by atoms with Crippen LogP contribution in [0, 0.1) is 0 Å². The second-order valence-electron chi connectivity index (χ2n) is 4.70. The Kier molecular flexibility index (Phi) is 2.43. The van der Waals surface area contributed by atoms with E-state index in [0.29, 0.717) is 5.56 Å². The van der Waals surface area contributed by atoms with Gasteiger partial charge in [0.2, 0.25) is 5.91 Å². The van der Waals surface area contributed by atoms with Gasteiger partial charge in [-0.3, -0.25) is 9.59 Å². The van der Waals surface area contributed by atoms with Crippen molar-refractivity contribution >= 4 is 17.6 Å². The van der Waals surface area contributed by atoms with Crippen molar-refractivity contribution in [1.82, 2.24) is 0 Å². The summed E-state index contributed by atoms with van der Waals surface area (Å²) in [5, 5.41) is 11.6. The molecule has 1 amide bonds. The topological polar surface area (TPSA) is 92.4 Å². The molecule has 1 atom stereocenters. The predicted molar refractivity (Wildman–Crippen MR) is 62.7 cm³/mol. The average Bonchev–Trinajstić information content (AvgIpc) is 2.49. The lowest BCUT2D eigenvalue weighted by molar-refractivity contribution is -0.138. The Morgan fingerprint density at radius 2 is 2.12 bits per heavy atom. The van der Waals surface area contributed by atoms with Gasteiger partial charge in [-0.05, 0) is 31.0 Å². The van der Waals surface area contributed by atoms with Gasteiger partial charge in [-0.2, -0.15) is 0 Å². The second kappa shape index (κ2) is 3.56. The van der Waals surface area contributed by atoms with Gasteiger partial charge in [-0.1, -0.05) is 12.1 Å². The van der Waals surface area contributed by atoms with Crippen LogP contribution in [0.5, 0.6) is 0 Å². The lowest BCUT2D eigenvalue weighted by Crippen LogP contribution is -2.27. The zero-order valence-electron chi connectivity index (χ0n) is 9.65. The van der Waals surface area contributed by atoms with Crippen LogP contribution >= 0.6 is 0 Å². The maximum Gasteiger partial charge on any atom is 0.325 e. The van der Waals surface area contributed by atoms with Gasteiger partial charge in [0, 0.05) is 5.69 Å². The first-order valence-electron chi connectivity index (χ1n) is 5.28. The SMILES string of the molecule is CC1(C)C(=O)Nc2ccc(C(N)C(=O)O)cc21. The highest BCUT2D eigenvalue weighted by atomic mass is 16.4. The van der Waals surface area contributed by atoms with Gasteiger partial charge < -0.3 is 16.2 Å². The predicted octanol–water partition coefficient (Wildman–Crippen LogP) is 1.00. The number of nitrogens with one attached hydrogen (secondary N) is 1. The molecule has 0 aromatic heterocycles. The minimum Gasteiger partial charge on any atom is -0.480 e. The Bertz CT molecular complexity index is 508. The number of hydrogen-bond donors (Lipinski definition) is 3. The van der Waals surface area contributed by atoms with Crippen molar-refractivity contribution in [2.45, 2.75) is 25.3 Å². The number of rotatable bonds is 2. The summed E-state index contributed by atoms with van der Waals surface area (Å²) in [6, 6.07) is 3.94. The summed E-state index contributed by atoms with van der Waals surface area (Å²) in [5.41, 5.74) is 6.91. The molecule has 17 heavy (non-hydrogen) atoms. The number of carbonyl (C=O) groups is 2. The third kappa shape index (κ3) is 1.68. The first-order chi connectivity index (χ1) is 7.84. The van der Waals surface area contributed by atoms with Crippen LogP contribution in [0.25, 0.3) is 0 Å². The van der Waals surface area contributed by atoms with E-state index in [9.17, 15) is 9.59 Å². The van der Waals surface area contributed by atoms with Crippen LogP contribution in [-0.2, 0) is 15.0 Å². The number of anilines is 1. The number of benzene rings is 1. The van der Waals surface area contributed by atoms with Crippen LogP contribution < -0.4 is 11.1 Å². The molecule has 2 rings (SSSR count). The summed E-state index contributed by atoms with van der Waals surface area (Å²) in [7, 11) is 0. The van der Waals surface area contributed by atoms with E-state index in [2.05, 4.69) is 5.32 Å². The molecule has 90 valence electrons. The Labute approximate surface area is 98.6 Å². The van der Waals surface area contributed by atoms with E-state index >= 15 is 0 Å². The standard InChI is InChI=1S/C12H14N2O3/c1-12(2)7-5-6(9(13)10(15)16)3-4-8(7)14-11(12)17/h3-5,9H,13H2,1-2H3,(H,14,17)(H,15,16). The fraction of sp³-hybridized carbons (Fsp3) is 0.333. The minimum absolute atomic E-state index is 0.0893. The highest BCUT2D eigenvalue weighted by Crippen LogP contribution is 2.38. The number of fused-ring (bicyclic) bond motifs is 1. The van der Waals surface area contributed by atoms with Crippen molar-refractivity contribution in [2.75, 3.05) is 5.32 Å². The van der Waals surface area contributed by atoms with Crippen LogP contribution in [0.4, 0.5) is 5.69 Å². The van der Waals surface area contributed by atoms with Crippen LogP contribution in [-0.4, -0.2) is 17.0 Å². The van der Waals surface area contributed by atoms with Gasteiger partial charge in [0.25, 0.3) is 0 Å². The van der Waals surface area contributed by atoms with Crippen LogP contribution in [0.2, 0.25) is 0 Å². The van der Waals surface area contributed by atoms with E-state index in [1.54, 1.807) is 32.0 Å². The monoisotopic (exact) mass is 234 g/mol. The molecule has 4 N–H and O–H groups in total. The van der Waals surface area contributed by atoms with Crippen molar-refractivity contribution in [3.05, 3.63) is 29.3 Å². The van der Waals surface area contributed by atoms with Gasteiger partial charge >= 0.3 is 5.97 Å². The molecule has 0 radical (unpaired) electrons. The normalized spacial score (nSPS) is 18.4. The van der Waals surface area contributed by atoms with Gasteiger partial charge in [-0.15, -0.1) is 0 Å². The van der Waals surface area contributed by atoms with Crippen molar-refractivity contribution < 1.29 is 14.7 Å². The Morgan fingerprint density at radius 3 is 2.71 bits per heavy atom. The fourth-order valence-corrected chi connectivity index (χ4v) is 1.92. The number of amides is 1. The highest BCUT2D eigenvalue weighted by molar-refractivity contribution is 6.05. The second-order valence-corrected chi connectivity index (χ2v) is 4.70. The maximum absolute atomic E-state index is 11.7. The summed E-state index contributed by atoms with van der Waals surface area (Å²) in [6.07, 6.45) is 0. The smallest absolute Gasteiger partial charge is 0.325 e. The molecule has 0 saturated carbocycles. The summed E-state index contributed by atoms with van der Waals surface area (Å²) >= 11 is 0. The lowest BCUT2D eigenvalue weighted by atomic mass is 9.85. The Balaban J connectivity index is 2.49. The van der Waals surface area contributed by atoms with E-state index in [0.717, 1.165) is 11.3 Å². The molecule has 1 aromatic rings. The van der Waals surface area contributed by atoms with Gasteiger partial charge in [0.1, 0.15) is 6.04 Å². The average molecular weight is 234 g/mol. The Morgan fingerprint density at radius 1 is 1.47 bits per heavy atom. The largest absolute Gasteiger partial charge is 0.480 e. The molecular weight excluding hydrogens is 220 g/mol. The van der Waals surface area contributed by atoms with E-state index in [1.165, 1.54) is 0 Å². The third-order valence-electron chi connectivity index (χ3n) is 3.16. The number of hydrogen-bond acceptors (Lipinski definition) is 3. The van der Waals surface area contributed by atoms with Crippen molar-refractivity contribution in [2.24, 2.45) is 5.73 Å². The molecule has 1 aromatic carbocycles. The van der Waals surface area contributed by atoms with Crippen molar-refractivity contribution in [3.8, 4) is 0 Å².